The van der Waals surface area contributed by atoms with Gasteiger partial charge in [0.25, 0.3) is 0 Å². The quantitative estimate of drug-likeness (QED) is 0.547. The fourth-order valence-corrected chi connectivity index (χ4v) is 5.35. The van der Waals surface area contributed by atoms with E-state index in [-0.39, 0.29) is 18.3 Å². The zero-order valence-corrected chi connectivity index (χ0v) is 19.5. The number of benzene rings is 2. The number of likely N-dealkylation sites (tertiary alicyclic amines) is 1. The Morgan fingerprint density at radius 2 is 1.94 bits per heavy atom. The van der Waals surface area contributed by atoms with Crippen molar-refractivity contribution in [2.45, 2.75) is 50.4 Å². The summed E-state index contributed by atoms with van der Waals surface area (Å²) in [5, 5.41) is 12.5. The molecule has 2 saturated heterocycles. The summed E-state index contributed by atoms with van der Waals surface area (Å²) in [6, 6.07) is 17.3. The van der Waals surface area contributed by atoms with E-state index in [4.69, 9.17) is 14.9 Å². The Hall–Kier alpha value is -2.58. The van der Waals surface area contributed by atoms with Crippen LogP contribution in [0.15, 0.2) is 53.5 Å². The third-order valence-corrected chi connectivity index (χ3v) is 7.30. The summed E-state index contributed by atoms with van der Waals surface area (Å²) >= 11 is 0. The van der Waals surface area contributed by atoms with Gasteiger partial charge in [0.15, 0.2) is 0 Å². The summed E-state index contributed by atoms with van der Waals surface area (Å²) in [5.74, 6) is -0.368. The molecule has 0 amide bonds. The van der Waals surface area contributed by atoms with Crippen LogP contribution in [0.2, 0.25) is 0 Å². The Bertz CT molecular complexity index is 1000. The van der Waals surface area contributed by atoms with Crippen molar-refractivity contribution < 1.29 is 14.7 Å². The van der Waals surface area contributed by atoms with E-state index >= 15 is 0 Å². The molecule has 0 radical (unpaired) electrons. The number of aliphatic imine (C=N–C) groups is 1. The molecule has 3 aliphatic heterocycles. The lowest BCUT2D eigenvalue weighted by Crippen LogP contribution is -2.39. The monoisotopic (exact) mass is 462 g/mol. The number of rotatable bonds is 7. The average Bonchev–Trinajstić information content (AvgIpc) is 3.32. The minimum atomic E-state index is -0.683. The molecule has 7 heteroatoms. The van der Waals surface area contributed by atoms with Gasteiger partial charge >= 0.3 is 5.97 Å². The summed E-state index contributed by atoms with van der Waals surface area (Å²) in [4.78, 5) is 24.0. The van der Waals surface area contributed by atoms with Crippen LogP contribution in [0.4, 0.5) is 0 Å². The van der Waals surface area contributed by atoms with Crippen LogP contribution in [-0.4, -0.2) is 54.5 Å². The highest BCUT2D eigenvalue weighted by atomic mass is 16.7. The predicted molar refractivity (Wildman–Crippen MR) is 132 cm³/mol. The molecule has 0 spiro atoms. The van der Waals surface area contributed by atoms with Gasteiger partial charge in [0, 0.05) is 25.7 Å². The van der Waals surface area contributed by atoms with E-state index in [0.717, 1.165) is 57.4 Å². The second-order valence-corrected chi connectivity index (χ2v) is 9.74. The van der Waals surface area contributed by atoms with Crippen LogP contribution in [0.1, 0.15) is 60.1 Å². The van der Waals surface area contributed by atoms with Gasteiger partial charge in [-0.3, -0.25) is 19.9 Å². The third-order valence-electron chi connectivity index (χ3n) is 7.30. The third kappa shape index (κ3) is 5.73. The first-order valence-corrected chi connectivity index (χ1v) is 12.4. The van der Waals surface area contributed by atoms with E-state index in [0.29, 0.717) is 12.3 Å². The van der Waals surface area contributed by atoms with Crippen molar-refractivity contribution in [1.29, 1.82) is 0 Å². The smallest absolute Gasteiger partial charge is 0.303 e. The van der Waals surface area contributed by atoms with Gasteiger partial charge in [0.05, 0.1) is 12.1 Å². The van der Waals surface area contributed by atoms with E-state index in [2.05, 4.69) is 64.2 Å². The maximum Gasteiger partial charge on any atom is 0.303 e. The van der Waals surface area contributed by atoms with Crippen molar-refractivity contribution in [3.8, 4) is 0 Å². The fourth-order valence-electron chi connectivity index (χ4n) is 5.35. The molecule has 3 aliphatic rings. The zero-order valence-electron chi connectivity index (χ0n) is 19.5. The van der Waals surface area contributed by atoms with E-state index in [1.807, 2.05) is 6.21 Å². The molecule has 3 atom stereocenters. The topological polar surface area (TPSA) is 86.2 Å². The van der Waals surface area contributed by atoms with Crippen LogP contribution in [0, 0.1) is 5.92 Å². The molecule has 3 heterocycles. The first-order chi connectivity index (χ1) is 16.6. The summed E-state index contributed by atoms with van der Waals surface area (Å²) in [7, 11) is 0. The Morgan fingerprint density at radius 1 is 1.15 bits per heavy atom. The number of nitrogens with zero attached hydrogens (tertiary/aromatic N) is 2. The van der Waals surface area contributed by atoms with Crippen LogP contribution >= 0.6 is 0 Å². The van der Waals surface area contributed by atoms with Gasteiger partial charge in [-0.1, -0.05) is 48.5 Å². The normalized spacial score (nSPS) is 26.1. The molecule has 34 heavy (non-hydrogen) atoms. The highest BCUT2D eigenvalue weighted by molar-refractivity contribution is 5.79. The van der Waals surface area contributed by atoms with E-state index in [1.165, 1.54) is 16.7 Å². The summed E-state index contributed by atoms with van der Waals surface area (Å²) in [6.07, 6.45) is 6.33. The van der Waals surface area contributed by atoms with Gasteiger partial charge in [-0.25, -0.2) is 0 Å². The molecule has 0 aromatic heterocycles. The second-order valence-electron chi connectivity index (χ2n) is 9.74. The SMILES string of the molecule is O=C(O)CC1CCN(CC2CC(c3ccc(C=NC4NCCc5ccccc54)cc3)NO2)CC1. The fraction of sp³-hybridized carbons (Fsp3) is 0.481. The molecular formula is C27H34N4O3. The molecular weight excluding hydrogens is 428 g/mol. The molecule has 5 rings (SSSR count). The van der Waals surface area contributed by atoms with Gasteiger partial charge in [0.2, 0.25) is 0 Å². The van der Waals surface area contributed by atoms with Crippen molar-refractivity contribution in [1.82, 2.24) is 15.7 Å². The number of aliphatic carboxylic acids is 1. The maximum absolute atomic E-state index is 10.9. The molecule has 0 aliphatic carbocycles. The number of fused-ring (bicyclic) bond motifs is 1. The Kier molecular flexibility index (Phi) is 7.35. The summed E-state index contributed by atoms with van der Waals surface area (Å²) in [6.45, 7) is 3.75. The average molecular weight is 463 g/mol. The lowest BCUT2D eigenvalue weighted by Gasteiger charge is -2.32. The predicted octanol–water partition coefficient (Wildman–Crippen LogP) is 3.47. The van der Waals surface area contributed by atoms with Gasteiger partial charge in [-0.05, 0) is 66.9 Å². The molecule has 180 valence electrons. The number of hydrogen-bond donors (Lipinski definition) is 3. The van der Waals surface area contributed by atoms with Gasteiger partial charge in [-0.15, -0.1) is 0 Å². The number of hydrogen-bond acceptors (Lipinski definition) is 6. The van der Waals surface area contributed by atoms with Crippen molar-refractivity contribution in [2.24, 2.45) is 10.9 Å². The van der Waals surface area contributed by atoms with Crippen LogP contribution < -0.4 is 10.8 Å². The Labute approximate surface area is 201 Å². The highest BCUT2D eigenvalue weighted by Crippen LogP contribution is 2.28. The van der Waals surface area contributed by atoms with E-state index in [1.54, 1.807) is 0 Å². The lowest BCUT2D eigenvalue weighted by atomic mass is 9.93. The standard InChI is InChI=1S/C27H34N4O3/c32-26(33)15-19-10-13-31(14-11-19)18-23-16-25(30-34-23)22-7-5-20(6-8-22)17-29-27-24-4-2-1-3-21(24)9-12-28-27/h1-8,17,19,23,25,27-28,30H,9-16,18H2,(H,32,33). The summed E-state index contributed by atoms with van der Waals surface area (Å²) in [5.41, 5.74) is 8.18. The Balaban J connectivity index is 1.11. The first kappa shape index (κ1) is 23.2. The van der Waals surface area contributed by atoms with Crippen LogP contribution in [0.25, 0.3) is 0 Å². The van der Waals surface area contributed by atoms with Crippen molar-refractivity contribution in [3.05, 3.63) is 70.8 Å². The van der Waals surface area contributed by atoms with Crippen molar-refractivity contribution in [3.63, 3.8) is 0 Å². The molecule has 7 nitrogen and oxygen atoms in total. The second kappa shape index (κ2) is 10.8. The largest absolute Gasteiger partial charge is 0.481 e. The van der Waals surface area contributed by atoms with Crippen molar-refractivity contribution in [2.75, 3.05) is 26.2 Å². The molecule has 2 fully saturated rings. The highest BCUT2D eigenvalue weighted by Gasteiger charge is 2.30. The lowest BCUT2D eigenvalue weighted by molar-refractivity contribution is -0.138. The number of hydroxylamine groups is 1. The maximum atomic E-state index is 10.9. The van der Waals surface area contributed by atoms with Crippen LogP contribution in [0.3, 0.4) is 0 Å². The van der Waals surface area contributed by atoms with E-state index < -0.39 is 5.97 Å². The van der Waals surface area contributed by atoms with Crippen LogP contribution in [0.5, 0.6) is 0 Å². The van der Waals surface area contributed by atoms with Gasteiger partial charge in [0.1, 0.15) is 6.17 Å². The van der Waals surface area contributed by atoms with E-state index in [9.17, 15) is 4.79 Å². The molecule has 3 unspecified atom stereocenters. The molecule has 0 bridgehead atoms. The van der Waals surface area contributed by atoms with Crippen molar-refractivity contribution >= 4 is 12.2 Å². The molecule has 3 N–H and O–H groups in total. The molecule has 2 aromatic rings. The number of piperidine rings is 1. The van der Waals surface area contributed by atoms with Gasteiger partial charge in [-0.2, -0.15) is 5.48 Å². The minimum absolute atomic E-state index is 0.0180. The zero-order chi connectivity index (χ0) is 23.3. The number of carbonyl (C=O) groups is 1. The molecule has 0 saturated carbocycles. The Morgan fingerprint density at radius 3 is 2.74 bits per heavy atom. The number of nitrogens with one attached hydrogen (secondary N) is 2. The number of carboxylic acid groups (broad SMARTS) is 1. The first-order valence-electron chi connectivity index (χ1n) is 12.4. The van der Waals surface area contributed by atoms with Gasteiger partial charge < -0.3 is 10.0 Å². The number of carboxylic acids is 1. The minimum Gasteiger partial charge on any atom is -0.481 e. The summed E-state index contributed by atoms with van der Waals surface area (Å²) < 4.78 is 0. The van der Waals surface area contributed by atoms with Crippen LogP contribution in [-0.2, 0) is 16.1 Å². The molecule has 2 aromatic carbocycles.